The topological polar surface area (TPSA) is 40.1 Å². The van der Waals surface area contributed by atoms with Crippen molar-refractivity contribution in [1.29, 1.82) is 0 Å². The molecule has 0 bridgehead atoms. The molecule has 0 saturated carbocycles. The average Bonchev–Trinajstić information content (AvgIpc) is 0.811. The van der Waals surface area contributed by atoms with Gasteiger partial charge in [0.05, 0.1) is 0 Å². The Morgan fingerprint density at radius 3 is 1.80 bits per heavy atom. The van der Waals surface area contributed by atoms with Crippen LogP contribution in [0.5, 0.6) is 0 Å². The normalized spacial score (nSPS) is 5.00. The minimum Gasteiger partial charge on any atom is -0.550 e. The van der Waals surface area contributed by atoms with E-state index in [1.807, 2.05) is 0 Å². The van der Waals surface area contributed by atoms with E-state index in [1.54, 1.807) is 0 Å². The van der Waals surface area contributed by atoms with Gasteiger partial charge in [-0.15, -0.1) is 0 Å². The first-order chi connectivity index (χ1) is 1.73. The summed E-state index contributed by atoms with van der Waals surface area (Å²) in [4.78, 5) is 8.89. The molecule has 0 amide bonds. The summed E-state index contributed by atoms with van der Waals surface area (Å²) in [6, 6.07) is 0. The number of aliphatic carboxylic acids is 1. The predicted octanol–water partition coefficient (Wildman–Crippen LogP) is -1.25. The van der Waals surface area contributed by atoms with Crippen LogP contribution < -0.4 is 5.11 Å². The average molecular weight is 165 g/mol. The second kappa shape index (κ2) is 4.13. The van der Waals surface area contributed by atoms with Gasteiger partial charge in [-0.25, -0.2) is 0 Å². The largest absolute Gasteiger partial charge is 1.00 e. The van der Waals surface area contributed by atoms with E-state index in [4.69, 9.17) is 9.90 Å². The van der Waals surface area contributed by atoms with Crippen LogP contribution in [0.3, 0.4) is 0 Å². The van der Waals surface area contributed by atoms with Crippen molar-refractivity contribution in [2.75, 3.05) is 0 Å². The van der Waals surface area contributed by atoms with Crippen LogP contribution in [0.4, 0.5) is 0 Å². The molecule has 0 heterocycles. The van der Waals surface area contributed by atoms with Crippen LogP contribution in [0.15, 0.2) is 0 Å². The van der Waals surface area contributed by atoms with Crippen LogP contribution in [0, 0.1) is 0 Å². The van der Waals surface area contributed by atoms with Crippen LogP contribution in [-0.4, -0.2) is 5.97 Å². The second-order valence-corrected chi connectivity index (χ2v) is 0.492. The first kappa shape index (κ1) is 8.93. The van der Waals surface area contributed by atoms with Crippen molar-refractivity contribution in [2.24, 2.45) is 0 Å². The van der Waals surface area contributed by atoms with Crippen molar-refractivity contribution >= 4 is 5.97 Å². The Bertz CT molecular complexity index is 30.6. The molecule has 0 aliphatic heterocycles. The van der Waals surface area contributed by atoms with Gasteiger partial charge in [0.25, 0.3) is 0 Å². The van der Waals surface area contributed by atoms with Crippen molar-refractivity contribution in [3.05, 3.63) is 0 Å². The first-order valence-electron chi connectivity index (χ1n) is 0.908. The zero-order valence-electron chi connectivity index (χ0n) is 2.63. The Labute approximate surface area is 43.8 Å². The number of carbonyl (C=O) groups excluding carboxylic acids is 1. The molecule has 0 atom stereocenters. The summed E-state index contributed by atoms with van der Waals surface area (Å²) in [5.74, 6) is -1.08. The third kappa shape index (κ3) is 1070. The van der Waals surface area contributed by atoms with Crippen LogP contribution in [-0.2, 0) is 25.2 Å². The van der Waals surface area contributed by atoms with Crippen molar-refractivity contribution in [1.82, 2.24) is 0 Å². The van der Waals surface area contributed by atoms with Crippen molar-refractivity contribution in [3.63, 3.8) is 0 Å². The molecule has 0 saturated heterocycles. The fraction of sp³-hybridized carbons (Fsp3) is 0.500. The van der Waals surface area contributed by atoms with Crippen LogP contribution >= 0.6 is 0 Å². The molecule has 1 radical (unpaired) electrons. The number of carbonyl (C=O) groups is 1. The number of hydrogen-bond donors (Lipinski definition) is 0. The van der Waals surface area contributed by atoms with E-state index in [0.29, 0.717) is 0 Å². The van der Waals surface area contributed by atoms with Gasteiger partial charge in [0.15, 0.2) is 0 Å². The fourth-order valence-corrected chi connectivity index (χ4v) is 0. The van der Waals surface area contributed by atoms with Crippen LogP contribution in [0.2, 0.25) is 0 Å². The minimum atomic E-state index is -1.08. The third-order valence-electron chi connectivity index (χ3n) is 0. The van der Waals surface area contributed by atoms with E-state index in [-0.39, 0.29) is 20.4 Å². The summed E-state index contributed by atoms with van der Waals surface area (Å²) in [5.41, 5.74) is 0. The molecule has 0 aromatic heterocycles. The third-order valence-corrected chi connectivity index (χ3v) is 0. The van der Waals surface area contributed by atoms with E-state index in [0.717, 1.165) is 6.92 Å². The Morgan fingerprint density at radius 1 is 1.80 bits per heavy atom. The standard InChI is InChI=1S/C2H4O2.Pd/c1-2(3)4;/h1H3,(H,3,4);/q;+1/p-1. The van der Waals surface area contributed by atoms with Gasteiger partial charge in [-0.2, -0.15) is 0 Å². The maximum Gasteiger partial charge on any atom is 1.00 e. The van der Waals surface area contributed by atoms with Gasteiger partial charge >= 0.3 is 20.4 Å². The van der Waals surface area contributed by atoms with E-state index < -0.39 is 5.97 Å². The van der Waals surface area contributed by atoms with Gasteiger partial charge in [0, 0.05) is 5.97 Å². The molecule has 0 unspecified atom stereocenters. The smallest absolute Gasteiger partial charge is 0.550 e. The molecule has 3 heteroatoms. The fourth-order valence-electron chi connectivity index (χ4n) is 0. The number of hydrogen-bond acceptors (Lipinski definition) is 2. The van der Waals surface area contributed by atoms with E-state index >= 15 is 0 Å². The number of carboxylic acid groups (broad SMARTS) is 1. The van der Waals surface area contributed by atoms with E-state index in [2.05, 4.69) is 0 Å². The Hall–Kier alpha value is 0.132. The summed E-state index contributed by atoms with van der Waals surface area (Å²) in [5, 5.41) is 8.89. The monoisotopic (exact) mass is 165 g/mol. The number of rotatable bonds is 0. The van der Waals surface area contributed by atoms with Crippen LogP contribution in [0.1, 0.15) is 6.92 Å². The molecular formula is C2H3O2Pd. The molecule has 0 fully saturated rings. The first-order valence-corrected chi connectivity index (χ1v) is 0.908. The van der Waals surface area contributed by atoms with Crippen molar-refractivity contribution in [2.45, 2.75) is 6.92 Å². The molecule has 5 heavy (non-hydrogen) atoms. The molecule has 0 rings (SSSR count). The molecule has 0 aromatic rings. The SMILES string of the molecule is CC(=O)[O-].[Pd+]. The Balaban J connectivity index is 0. The van der Waals surface area contributed by atoms with Gasteiger partial charge in [-0.1, -0.05) is 0 Å². The summed E-state index contributed by atoms with van der Waals surface area (Å²) in [6.07, 6.45) is 0. The zero-order valence-corrected chi connectivity index (χ0v) is 4.19. The molecule has 0 aliphatic rings. The van der Waals surface area contributed by atoms with Crippen molar-refractivity contribution in [3.8, 4) is 0 Å². The summed E-state index contributed by atoms with van der Waals surface area (Å²) < 4.78 is 0. The van der Waals surface area contributed by atoms with Crippen LogP contribution in [0.25, 0.3) is 0 Å². The molecule has 0 aliphatic carbocycles. The van der Waals surface area contributed by atoms with E-state index in [9.17, 15) is 0 Å². The molecule has 0 spiro atoms. The Kier molecular flexibility index (Phi) is 7.38. The molecular weight excluding hydrogens is 162 g/mol. The van der Waals surface area contributed by atoms with Gasteiger partial charge in [-0.05, 0) is 6.92 Å². The van der Waals surface area contributed by atoms with Crippen molar-refractivity contribution < 1.29 is 30.3 Å². The molecule has 0 aromatic carbocycles. The molecule has 0 N–H and O–H groups in total. The second-order valence-electron chi connectivity index (χ2n) is 0.492. The quantitative estimate of drug-likeness (QED) is 0.421. The van der Waals surface area contributed by atoms with Gasteiger partial charge < -0.3 is 9.90 Å². The summed E-state index contributed by atoms with van der Waals surface area (Å²) >= 11 is 0. The predicted molar refractivity (Wildman–Crippen MR) is 10.7 cm³/mol. The maximum atomic E-state index is 8.89. The van der Waals surface area contributed by atoms with E-state index in [1.165, 1.54) is 0 Å². The molecule has 33 valence electrons. The van der Waals surface area contributed by atoms with Gasteiger partial charge in [0.1, 0.15) is 0 Å². The van der Waals surface area contributed by atoms with Gasteiger partial charge in [0.2, 0.25) is 0 Å². The maximum absolute atomic E-state index is 8.89. The summed E-state index contributed by atoms with van der Waals surface area (Å²) in [7, 11) is 0. The minimum absolute atomic E-state index is 0. The number of carboxylic acids is 1. The summed E-state index contributed by atoms with van der Waals surface area (Å²) in [6.45, 7) is 0.972. The van der Waals surface area contributed by atoms with Gasteiger partial charge in [-0.3, -0.25) is 0 Å². The Morgan fingerprint density at radius 2 is 1.80 bits per heavy atom. The zero-order chi connectivity index (χ0) is 3.58. The molecule has 2 nitrogen and oxygen atoms in total.